The summed E-state index contributed by atoms with van der Waals surface area (Å²) in [5.74, 6) is -0.230. The number of carbonyl (C=O) groups is 2. The maximum Gasteiger partial charge on any atom is 0.331 e. The van der Waals surface area contributed by atoms with E-state index in [1.54, 1.807) is 18.1 Å². The number of carbonyl (C=O) groups excluding carboxylic acids is 2. The Bertz CT molecular complexity index is 321. The fraction of sp³-hybridized carbons (Fsp3) is 0.600. The first kappa shape index (κ1) is 11.6. The number of hydrogen-bond donors (Lipinski definition) is 0. The summed E-state index contributed by atoms with van der Waals surface area (Å²) >= 11 is 0. The third-order valence-corrected chi connectivity index (χ3v) is 2.19. The van der Waals surface area contributed by atoms with Gasteiger partial charge < -0.3 is 4.90 Å². The van der Waals surface area contributed by atoms with Crippen LogP contribution in [0.2, 0.25) is 0 Å². The quantitative estimate of drug-likeness (QED) is 0.498. The number of imide groups is 1. The molecule has 0 aromatic heterocycles. The topological polar surface area (TPSA) is 43.9 Å². The lowest BCUT2D eigenvalue weighted by atomic mass is 10.3. The molecular formula is C10H17N3O2. The van der Waals surface area contributed by atoms with Crippen molar-refractivity contribution in [3.63, 3.8) is 0 Å². The largest absolute Gasteiger partial charge is 0.382 e. The number of likely N-dealkylation sites (N-methyl/N-ethyl adjacent to an activating group) is 1. The van der Waals surface area contributed by atoms with Gasteiger partial charge in [-0.25, -0.2) is 4.79 Å². The molecule has 1 aliphatic rings. The molecule has 0 saturated carbocycles. The van der Waals surface area contributed by atoms with Crippen molar-refractivity contribution in [1.29, 1.82) is 0 Å². The molecular weight excluding hydrogens is 194 g/mol. The van der Waals surface area contributed by atoms with Crippen LogP contribution in [0, 0.1) is 0 Å². The average Bonchev–Trinajstić information content (AvgIpc) is 2.29. The number of urea groups is 1. The zero-order chi connectivity index (χ0) is 11.7. The highest BCUT2D eigenvalue weighted by Gasteiger charge is 2.40. The van der Waals surface area contributed by atoms with E-state index in [2.05, 4.69) is 0 Å². The van der Waals surface area contributed by atoms with Crippen molar-refractivity contribution in [3.05, 3.63) is 11.9 Å². The van der Waals surface area contributed by atoms with Gasteiger partial charge in [0.15, 0.2) is 0 Å². The molecule has 15 heavy (non-hydrogen) atoms. The van der Waals surface area contributed by atoms with Crippen molar-refractivity contribution in [1.82, 2.24) is 14.7 Å². The lowest BCUT2D eigenvalue weighted by Crippen LogP contribution is -2.37. The van der Waals surface area contributed by atoms with Gasteiger partial charge in [0.2, 0.25) is 0 Å². The van der Waals surface area contributed by atoms with Crippen LogP contribution in [-0.2, 0) is 4.79 Å². The Morgan fingerprint density at radius 1 is 1.27 bits per heavy atom. The third kappa shape index (κ3) is 1.95. The van der Waals surface area contributed by atoms with Gasteiger partial charge in [-0.3, -0.25) is 14.6 Å². The van der Waals surface area contributed by atoms with Crippen LogP contribution < -0.4 is 0 Å². The van der Waals surface area contributed by atoms with Gasteiger partial charge in [-0.05, 0) is 13.8 Å². The van der Waals surface area contributed by atoms with Crippen molar-refractivity contribution < 1.29 is 9.59 Å². The number of hydrogen-bond acceptors (Lipinski definition) is 3. The summed E-state index contributed by atoms with van der Waals surface area (Å²) in [5.41, 5.74) is 0.415. The fourth-order valence-electron chi connectivity index (χ4n) is 1.46. The van der Waals surface area contributed by atoms with Crippen molar-refractivity contribution in [3.8, 4) is 0 Å². The molecule has 1 fully saturated rings. The van der Waals surface area contributed by atoms with Gasteiger partial charge >= 0.3 is 6.03 Å². The summed E-state index contributed by atoms with van der Waals surface area (Å²) in [6.07, 6.45) is 1.66. The summed E-state index contributed by atoms with van der Waals surface area (Å²) in [6.45, 7) is 3.64. The van der Waals surface area contributed by atoms with E-state index in [-0.39, 0.29) is 18.0 Å². The van der Waals surface area contributed by atoms with Gasteiger partial charge in [0, 0.05) is 33.4 Å². The third-order valence-electron chi connectivity index (χ3n) is 2.19. The molecule has 1 saturated heterocycles. The SMILES string of the molecule is CC(C)N1C(=O)/C(=C/N(C)C)N(C)C1=O. The smallest absolute Gasteiger partial charge is 0.331 e. The molecule has 84 valence electrons. The van der Waals surface area contributed by atoms with Gasteiger partial charge in [0.25, 0.3) is 5.91 Å². The molecule has 3 amide bonds. The Labute approximate surface area is 89.9 Å². The van der Waals surface area contributed by atoms with Crippen LogP contribution >= 0.6 is 0 Å². The summed E-state index contributed by atoms with van der Waals surface area (Å²) in [7, 11) is 5.24. The van der Waals surface area contributed by atoms with Gasteiger partial charge in [0.1, 0.15) is 5.70 Å². The van der Waals surface area contributed by atoms with Crippen molar-refractivity contribution >= 4 is 11.9 Å². The minimum Gasteiger partial charge on any atom is -0.382 e. The Balaban J connectivity index is 3.06. The molecule has 0 atom stereocenters. The average molecular weight is 211 g/mol. The fourth-order valence-corrected chi connectivity index (χ4v) is 1.46. The molecule has 0 aromatic rings. The van der Waals surface area contributed by atoms with E-state index in [4.69, 9.17) is 0 Å². The Hall–Kier alpha value is -1.52. The first-order valence-electron chi connectivity index (χ1n) is 4.85. The van der Waals surface area contributed by atoms with E-state index in [9.17, 15) is 9.59 Å². The predicted molar refractivity (Wildman–Crippen MR) is 56.9 cm³/mol. The molecule has 0 spiro atoms. The molecule has 1 aliphatic heterocycles. The molecule has 0 aliphatic carbocycles. The van der Waals surface area contributed by atoms with Crippen molar-refractivity contribution in [2.24, 2.45) is 0 Å². The van der Waals surface area contributed by atoms with E-state index in [1.165, 1.54) is 9.80 Å². The number of amides is 3. The highest BCUT2D eigenvalue weighted by atomic mass is 16.2. The Kier molecular flexibility index (Phi) is 3.02. The maximum atomic E-state index is 11.9. The van der Waals surface area contributed by atoms with Gasteiger partial charge in [-0.1, -0.05) is 0 Å². The summed E-state index contributed by atoms with van der Waals surface area (Å²) in [5, 5.41) is 0. The van der Waals surface area contributed by atoms with Gasteiger partial charge in [-0.2, -0.15) is 0 Å². The molecule has 0 N–H and O–H groups in total. The highest BCUT2D eigenvalue weighted by molar-refractivity contribution is 6.11. The minimum absolute atomic E-state index is 0.111. The van der Waals surface area contributed by atoms with E-state index >= 15 is 0 Å². The molecule has 1 rings (SSSR count). The van der Waals surface area contributed by atoms with Crippen LogP contribution in [0.1, 0.15) is 13.8 Å². The molecule has 0 radical (unpaired) electrons. The van der Waals surface area contributed by atoms with Crippen molar-refractivity contribution in [2.45, 2.75) is 19.9 Å². The zero-order valence-corrected chi connectivity index (χ0v) is 9.81. The Morgan fingerprint density at radius 2 is 1.80 bits per heavy atom. The second kappa shape index (κ2) is 3.92. The summed E-state index contributed by atoms with van der Waals surface area (Å²) < 4.78 is 0. The van der Waals surface area contributed by atoms with E-state index in [1.807, 2.05) is 27.9 Å². The second-order valence-electron chi connectivity index (χ2n) is 4.09. The molecule has 0 aromatic carbocycles. The molecule has 1 heterocycles. The normalized spacial score (nSPS) is 19.7. The summed E-state index contributed by atoms with van der Waals surface area (Å²) in [4.78, 5) is 28.0. The first-order chi connectivity index (χ1) is 6.86. The van der Waals surface area contributed by atoms with Crippen LogP contribution in [0.15, 0.2) is 11.9 Å². The van der Waals surface area contributed by atoms with Gasteiger partial charge in [0.05, 0.1) is 0 Å². The Morgan fingerprint density at radius 3 is 2.13 bits per heavy atom. The van der Waals surface area contributed by atoms with Crippen molar-refractivity contribution in [2.75, 3.05) is 21.1 Å². The monoisotopic (exact) mass is 211 g/mol. The molecule has 5 nitrogen and oxygen atoms in total. The second-order valence-corrected chi connectivity index (χ2v) is 4.09. The predicted octanol–water partition coefficient (Wildman–Crippen LogP) is 0.692. The minimum atomic E-state index is -0.261. The van der Waals surface area contributed by atoms with Crippen LogP contribution in [0.25, 0.3) is 0 Å². The molecule has 0 bridgehead atoms. The number of rotatable bonds is 2. The molecule has 5 heteroatoms. The standard InChI is InChI=1S/C10H17N3O2/c1-7(2)13-9(14)8(6-11(3)4)12(5)10(13)15/h6-7H,1-5H3/b8-6-. The number of nitrogens with zero attached hydrogens (tertiary/aromatic N) is 3. The van der Waals surface area contributed by atoms with Crippen LogP contribution in [-0.4, -0.2) is 53.8 Å². The first-order valence-corrected chi connectivity index (χ1v) is 4.85. The van der Waals surface area contributed by atoms with Crippen LogP contribution in [0.3, 0.4) is 0 Å². The maximum absolute atomic E-state index is 11.9. The summed E-state index contributed by atoms with van der Waals surface area (Å²) in [6, 6.07) is -0.372. The highest BCUT2D eigenvalue weighted by Crippen LogP contribution is 2.21. The lowest BCUT2D eigenvalue weighted by molar-refractivity contribution is -0.124. The molecule has 0 unspecified atom stereocenters. The van der Waals surface area contributed by atoms with Crippen LogP contribution in [0.4, 0.5) is 4.79 Å². The van der Waals surface area contributed by atoms with E-state index in [0.29, 0.717) is 5.70 Å². The van der Waals surface area contributed by atoms with E-state index in [0.717, 1.165) is 0 Å². The van der Waals surface area contributed by atoms with Crippen LogP contribution in [0.5, 0.6) is 0 Å². The van der Waals surface area contributed by atoms with Gasteiger partial charge in [-0.15, -0.1) is 0 Å². The van der Waals surface area contributed by atoms with E-state index < -0.39 is 0 Å². The zero-order valence-electron chi connectivity index (χ0n) is 9.81. The lowest BCUT2D eigenvalue weighted by Gasteiger charge is -2.16.